The molecule has 1 aliphatic rings. The van der Waals surface area contributed by atoms with Crippen molar-refractivity contribution in [2.45, 2.75) is 96.6 Å². The van der Waals surface area contributed by atoms with Crippen LogP contribution in [0.15, 0.2) is 30.3 Å². The summed E-state index contributed by atoms with van der Waals surface area (Å²) in [4.78, 5) is 12.4. The van der Waals surface area contributed by atoms with E-state index in [2.05, 4.69) is 34.6 Å². The second kappa shape index (κ2) is 9.19. The van der Waals surface area contributed by atoms with Crippen LogP contribution in [0.4, 0.5) is 0 Å². The number of hydrogen-bond acceptors (Lipinski definition) is 3. The van der Waals surface area contributed by atoms with Crippen LogP contribution in [0.25, 0.3) is 0 Å². The Labute approximate surface area is 160 Å². The monoisotopic (exact) mass is 358 g/mol. The third-order valence-corrected chi connectivity index (χ3v) is 5.91. The van der Waals surface area contributed by atoms with E-state index in [1.54, 1.807) is 0 Å². The van der Waals surface area contributed by atoms with Crippen molar-refractivity contribution in [1.29, 1.82) is 0 Å². The van der Waals surface area contributed by atoms with E-state index in [1.807, 2.05) is 30.3 Å². The van der Waals surface area contributed by atoms with Gasteiger partial charge in [-0.15, -0.1) is 0 Å². The van der Waals surface area contributed by atoms with Gasteiger partial charge >= 0.3 is 7.12 Å². The molecule has 0 aliphatic carbocycles. The van der Waals surface area contributed by atoms with E-state index in [4.69, 9.17) is 9.31 Å². The van der Waals surface area contributed by atoms with Gasteiger partial charge in [0.25, 0.3) is 0 Å². The minimum absolute atomic E-state index is 0.163. The smallest absolute Gasteiger partial charge is 0.403 e. The van der Waals surface area contributed by atoms with Crippen molar-refractivity contribution >= 4 is 12.9 Å². The van der Waals surface area contributed by atoms with E-state index < -0.39 is 0 Å². The Kier molecular flexibility index (Phi) is 7.48. The van der Waals surface area contributed by atoms with Crippen molar-refractivity contribution in [2.75, 3.05) is 0 Å². The van der Waals surface area contributed by atoms with Gasteiger partial charge in [0.05, 0.1) is 11.2 Å². The van der Waals surface area contributed by atoms with Gasteiger partial charge in [0.2, 0.25) is 0 Å². The maximum Gasteiger partial charge on any atom is 0.461 e. The third kappa shape index (κ3) is 5.44. The molecular weight excluding hydrogens is 323 g/mol. The Bertz CT molecular complexity index is 552. The number of hydrogen-bond donors (Lipinski definition) is 0. The largest absolute Gasteiger partial charge is 0.461 e. The molecule has 0 bridgehead atoms. The van der Waals surface area contributed by atoms with E-state index >= 15 is 0 Å². The molecule has 26 heavy (non-hydrogen) atoms. The average molecular weight is 358 g/mol. The molecule has 1 saturated heterocycles. The lowest BCUT2D eigenvalue weighted by atomic mass is 9.66. The highest BCUT2D eigenvalue weighted by molar-refractivity contribution is 6.47. The minimum atomic E-state index is -0.291. The lowest BCUT2D eigenvalue weighted by Gasteiger charge is -2.32. The molecular formula is C22H35BO3. The Morgan fingerprint density at radius 1 is 0.962 bits per heavy atom. The number of rotatable bonds is 10. The summed E-state index contributed by atoms with van der Waals surface area (Å²) < 4.78 is 12.6. The number of carbonyl (C=O) groups excluding carboxylic acids is 1. The van der Waals surface area contributed by atoms with Gasteiger partial charge in [0, 0.05) is 12.0 Å². The minimum Gasteiger partial charge on any atom is -0.403 e. The summed E-state index contributed by atoms with van der Waals surface area (Å²) in [6.45, 7) is 10.6. The van der Waals surface area contributed by atoms with Crippen LogP contribution in [0.3, 0.4) is 0 Å². The molecule has 0 N–H and O–H groups in total. The lowest BCUT2D eigenvalue weighted by Crippen LogP contribution is -2.41. The average Bonchev–Trinajstić information content (AvgIpc) is 2.82. The van der Waals surface area contributed by atoms with Crippen LogP contribution in [0.2, 0.25) is 5.82 Å². The quantitative estimate of drug-likeness (QED) is 0.289. The highest BCUT2D eigenvalue weighted by Gasteiger charge is 2.53. The van der Waals surface area contributed by atoms with Gasteiger partial charge < -0.3 is 9.31 Å². The van der Waals surface area contributed by atoms with E-state index in [9.17, 15) is 4.79 Å². The molecule has 1 atom stereocenters. The fraction of sp³-hybridized carbons (Fsp3) is 0.682. The predicted molar refractivity (Wildman–Crippen MR) is 109 cm³/mol. The molecule has 0 radical (unpaired) electrons. The zero-order valence-electron chi connectivity index (χ0n) is 17.2. The summed E-state index contributed by atoms with van der Waals surface area (Å²) in [5, 5.41) is 0. The number of unbranched alkanes of at least 4 members (excludes halogenated alkanes) is 2. The van der Waals surface area contributed by atoms with Gasteiger partial charge in [-0.1, -0.05) is 69.4 Å². The number of Topliss-reactive ketones (excluding diaryl/α,β-unsaturated/α-hetero) is 1. The molecule has 4 heteroatoms. The molecule has 0 aromatic heterocycles. The molecule has 0 unspecified atom stereocenters. The van der Waals surface area contributed by atoms with Crippen LogP contribution in [0.5, 0.6) is 0 Å². The van der Waals surface area contributed by atoms with Crippen molar-refractivity contribution in [1.82, 2.24) is 0 Å². The van der Waals surface area contributed by atoms with Gasteiger partial charge in [-0.25, -0.2) is 0 Å². The molecule has 1 aromatic rings. The van der Waals surface area contributed by atoms with Crippen molar-refractivity contribution in [3.05, 3.63) is 35.9 Å². The summed E-state index contributed by atoms with van der Waals surface area (Å²) in [5.41, 5.74) is 0.229. The first kappa shape index (κ1) is 21.2. The maximum atomic E-state index is 12.4. The van der Waals surface area contributed by atoms with E-state index in [0.717, 1.165) is 24.8 Å². The Morgan fingerprint density at radius 2 is 1.54 bits per heavy atom. The van der Waals surface area contributed by atoms with Crippen molar-refractivity contribution in [2.24, 2.45) is 0 Å². The van der Waals surface area contributed by atoms with E-state index in [0.29, 0.717) is 12.2 Å². The molecule has 0 amide bonds. The van der Waals surface area contributed by atoms with Gasteiger partial charge in [0.15, 0.2) is 5.78 Å². The van der Waals surface area contributed by atoms with Crippen LogP contribution in [-0.4, -0.2) is 24.1 Å². The molecule has 144 valence electrons. The van der Waals surface area contributed by atoms with Gasteiger partial charge in [-0.3, -0.25) is 4.79 Å². The van der Waals surface area contributed by atoms with Gasteiger partial charge in [-0.2, -0.15) is 0 Å². The fourth-order valence-electron chi connectivity index (χ4n) is 3.45. The zero-order valence-corrected chi connectivity index (χ0v) is 17.2. The SMILES string of the molecule is CCCCC[C@@H](CCCC(=O)c1ccccc1)B1OC(C)(C)C(C)(C)O1. The standard InChI is InChI=1S/C22H35BO3/c1-6-7-9-15-19(23-25-21(2,3)22(4,5)26-23)16-12-17-20(24)18-13-10-8-11-14-18/h8,10-11,13-14,19H,6-7,9,12,15-17H2,1-5H3/t19-/m0/s1. The van der Waals surface area contributed by atoms with Gasteiger partial charge in [-0.05, 0) is 39.9 Å². The second-order valence-corrected chi connectivity index (χ2v) is 8.56. The first-order chi connectivity index (χ1) is 12.3. The Hall–Kier alpha value is -1.13. The predicted octanol–water partition coefficient (Wildman–Crippen LogP) is 6.08. The summed E-state index contributed by atoms with van der Waals surface area (Å²) in [5.74, 6) is 0.581. The number of benzene rings is 1. The Morgan fingerprint density at radius 3 is 2.12 bits per heavy atom. The second-order valence-electron chi connectivity index (χ2n) is 8.56. The summed E-state index contributed by atoms with van der Waals surface area (Å²) in [7, 11) is -0.163. The lowest BCUT2D eigenvalue weighted by molar-refractivity contribution is 0.00578. The van der Waals surface area contributed by atoms with Crippen molar-refractivity contribution in [3.8, 4) is 0 Å². The van der Waals surface area contributed by atoms with Crippen LogP contribution in [0.1, 0.15) is 89.9 Å². The summed E-state index contributed by atoms with van der Waals surface area (Å²) in [6.07, 6.45) is 7.19. The molecule has 3 nitrogen and oxygen atoms in total. The highest BCUT2D eigenvalue weighted by Crippen LogP contribution is 2.42. The topological polar surface area (TPSA) is 35.5 Å². The first-order valence-electron chi connectivity index (χ1n) is 10.2. The van der Waals surface area contributed by atoms with Crippen LogP contribution >= 0.6 is 0 Å². The van der Waals surface area contributed by atoms with Crippen LogP contribution in [0, 0.1) is 0 Å². The van der Waals surface area contributed by atoms with E-state index in [-0.39, 0.29) is 24.1 Å². The van der Waals surface area contributed by atoms with Crippen LogP contribution < -0.4 is 0 Å². The summed E-state index contributed by atoms with van der Waals surface area (Å²) >= 11 is 0. The van der Waals surface area contributed by atoms with Gasteiger partial charge in [0.1, 0.15) is 0 Å². The Balaban J connectivity index is 1.92. The maximum absolute atomic E-state index is 12.4. The third-order valence-electron chi connectivity index (χ3n) is 5.91. The van der Waals surface area contributed by atoms with E-state index in [1.165, 1.54) is 19.3 Å². The molecule has 1 aliphatic heterocycles. The highest BCUT2D eigenvalue weighted by atomic mass is 16.7. The normalized spacial score (nSPS) is 19.5. The molecule has 1 heterocycles. The van der Waals surface area contributed by atoms with Crippen LogP contribution in [-0.2, 0) is 9.31 Å². The summed E-state index contributed by atoms with van der Waals surface area (Å²) in [6, 6.07) is 9.58. The molecule has 0 spiro atoms. The fourth-order valence-corrected chi connectivity index (χ4v) is 3.45. The number of ketones is 1. The first-order valence-corrected chi connectivity index (χ1v) is 10.2. The molecule has 1 fully saturated rings. The van der Waals surface area contributed by atoms with Crippen molar-refractivity contribution in [3.63, 3.8) is 0 Å². The molecule has 0 saturated carbocycles. The van der Waals surface area contributed by atoms with Crippen molar-refractivity contribution < 1.29 is 14.1 Å². The molecule has 2 rings (SSSR count). The molecule has 1 aromatic carbocycles. The number of carbonyl (C=O) groups is 1. The zero-order chi connectivity index (χ0) is 19.2.